The van der Waals surface area contributed by atoms with Crippen molar-refractivity contribution in [2.45, 2.75) is 24.6 Å². The summed E-state index contributed by atoms with van der Waals surface area (Å²) >= 11 is 0. The van der Waals surface area contributed by atoms with E-state index in [-0.39, 0.29) is 6.61 Å². The standard InChI is InChI=1S/C11H14O5/c12-8-6-15-11(10(14)9(8)13)16-7-4-2-1-3-5-7/h1-5,8-14H,6H2/t8-,9+,10-,11-/m0/s1. The molecule has 88 valence electrons. The van der Waals surface area contributed by atoms with Gasteiger partial charge in [0.15, 0.2) is 0 Å². The lowest BCUT2D eigenvalue weighted by Gasteiger charge is -2.34. The van der Waals surface area contributed by atoms with Crippen LogP contribution in [0.4, 0.5) is 0 Å². The predicted octanol–water partition coefficient (Wildman–Crippen LogP) is -0.496. The zero-order valence-corrected chi connectivity index (χ0v) is 8.56. The highest BCUT2D eigenvalue weighted by Crippen LogP contribution is 2.19. The molecule has 0 aliphatic carbocycles. The van der Waals surface area contributed by atoms with E-state index < -0.39 is 24.6 Å². The second-order valence-corrected chi connectivity index (χ2v) is 3.68. The van der Waals surface area contributed by atoms with E-state index >= 15 is 0 Å². The van der Waals surface area contributed by atoms with Gasteiger partial charge in [-0.05, 0) is 12.1 Å². The molecule has 1 aliphatic heterocycles. The summed E-state index contributed by atoms with van der Waals surface area (Å²) in [6.45, 7) is -0.0598. The van der Waals surface area contributed by atoms with Crippen molar-refractivity contribution in [2.75, 3.05) is 6.61 Å². The molecule has 0 radical (unpaired) electrons. The van der Waals surface area contributed by atoms with Gasteiger partial charge in [-0.3, -0.25) is 0 Å². The van der Waals surface area contributed by atoms with Gasteiger partial charge in [-0.2, -0.15) is 0 Å². The van der Waals surface area contributed by atoms with Crippen molar-refractivity contribution in [1.29, 1.82) is 0 Å². The summed E-state index contributed by atoms with van der Waals surface area (Å²) < 4.78 is 10.4. The summed E-state index contributed by atoms with van der Waals surface area (Å²) in [7, 11) is 0. The van der Waals surface area contributed by atoms with Gasteiger partial charge >= 0.3 is 0 Å². The van der Waals surface area contributed by atoms with Crippen molar-refractivity contribution >= 4 is 0 Å². The van der Waals surface area contributed by atoms with E-state index in [0.717, 1.165) is 0 Å². The summed E-state index contributed by atoms with van der Waals surface area (Å²) in [6.07, 6.45) is -4.54. The number of aliphatic hydroxyl groups excluding tert-OH is 3. The highest BCUT2D eigenvalue weighted by Gasteiger charge is 2.38. The molecule has 0 amide bonds. The minimum absolute atomic E-state index is 0.0598. The highest BCUT2D eigenvalue weighted by atomic mass is 16.7. The van der Waals surface area contributed by atoms with Crippen LogP contribution in [0, 0.1) is 0 Å². The first kappa shape index (κ1) is 11.3. The van der Waals surface area contributed by atoms with E-state index in [1.54, 1.807) is 24.3 Å². The summed E-state index contributed by atoms with van der Waals surface area (Å²) in [5, 5.41) is 28.3. The molecule has 1 heterocycles. The molecule has 1 saturated heterocycles. The van der Waals surface area contributed by atoms with Crippen molar-refractivity contribution in [3.05, 3.63) is 30.3 Å². The fraction of sp³-hybridized carbons (Fsp3) is 0.455. The second kappa shape index (κ2) is 4.80. The topological polar surface area (TPSA) is 79.2 Å². The number of aliphatic hydroxyl groups is 3. The number of rotatable bonds is 2. The Morgan fingerprint density at radius 1 is 1.06 bits per heavy atom. The van der Waals surface area contributed by atoms with Crippen LogP contribution in [0.5, 0.6) is 5.75 Å². The molecule has 1 aliphatic rings. The van der Waals surface area contributed by atoms with Crippen LogP contribution < -0.4 is 4.74 Å². The summed E-state index contributed by atoms with van der Waals surface area (Å²) in [6, 6.07) is 8.84. The third-order valence-electron chi connectivity index (χ3n) is 2.45. The van der Waals surface area contributed by atoms with Crippen molar-refractivity contribution < 1.29 is 24.8 Å². The average Bonchev–Trinajstić information content (AvgIpc) is 2.31. The number of para-hydroxylation sites is 1. The summed E-state index contributed by atoms with van der Waals surface area (Å²) in [4.78, 5) is 0. The van der Waals surface area contributed by atoms with Crippen LogP contribution in [0.1, 0.15) is 0 Å². The average molecular weight is 226 g/mol. The molecule has 0 bridgehead atoms. The molecular weight excluding hydrogens is 212 g/mol. The number of benzene rings is 1. The van der Waals surface area contributed by atoms with Crippen LogP contribution in [0.25, 0.3) is 0 Å². The van der Waals surface area contributed by atoms with E-state index in [0.29, 0.717) is 5.75 Å². The first-order chi connectivity index (χ1) is 7.68. The Morgan fingerprint density at radius 3 is 2.44 bits per heavy atom. The first-order valence-electron chi connectivity index (χ1n) is 5.06. The van der Waals surface area contributed by atoms with Crippen molar-refractivity contribution in [3.8, 4) is 5.75 Å². The van der Waals surface area contributed by atoms with Crippen LogP contribution in [0.15, 0.2) is 30.3 Å². The van der Waals surface area contributed by atoms with E-state index in [2.05, 4.69) is 0 Å². The molecule has 1 fully saturated rings. The zero-order chi connectivity index (χ0) is 11.5. The lowest BCUT2D eigenvalue weighted by atomic mass is 10.1. The molecule has 0 aromatic heterocycles. The fourth-order valence-electron chi connectivity index (χ4n) is 1.52. The number of ether oxygens (including phenoxy) is 2. The van der Waals surface area contributed by atoms with Gasteiger partial charge < -0.3 is 24.8 Å². The van der Waals surface area contributed by atoms with E-state index in [4.69, 9.17) is 9.47 Å². The van der Waals surface area contributed by atoms with Gasteiger partial charge in [0.2, 0.25) is 6.29 Å². The molecule has 5 heteroatoms. The minimum atomic E-state index is -1.26. The Hall–Kier alpha value is -1.14. The highest BCUT2D eigenvalue weighted by molar-refractivity contribution is 5.21. The van der Waals surface area contributed by atoms with Crippen molar-refractivity contribution in [3.63, 3.8) is 0 Å². The van der Waals surface area contributed by atoms with Gasteiger partial charge in [-0.1, -0.05) is 18.2 Å². The smallest absolute Gasteiger partial charge is 0.228 e. The molecule has 0 saturated carbocycles. The Bertz CT molecular complexity index is 328. The molecule has 5 nitrogen and oxygen atoms in total. The number of hydrogen-bond acceptors (Lipinski definition) is 5. The van der Waals surface area contributed by atoms with Crippen LogP contribution >= 0.6 is 0 Å². The quantitative estimate of drug-likeness (QED) is 0.634. The van der Waals surface area contributed by atoms with Crippen molar-refractivity contribution in [1.82, 2.24) is 0 Å². The lowest BCUT2D eigenvalue weighted by molar-refractivity contribution is -0.242. The zero-order valence-electron chi connectivity index (χ0n) is 8.56. The van der Waals surface area contributed by atoms with Crippen molar-refractivity contribution in [2.24, 2.45) is 0 Å². The SMILES string of the molecule is O[C@@H]1[C@H](Oc2ccccc2)OC[C@H](O)[C@H]1O. The lowest BCUT2D eigenvalue weighted by Crippen LogP contribution is -2.54. The fourth-order valence-corrected chi connectivity index (χ4v) is 1.52. The van der Waals surface area contributed by atoms with E-state index in [1.807, 2.05) is 6.07 Å². The number of hydrogen-bond donors (Lipinski definition) is 3. The predicted molar refractivity (Wildman–Crippen MR) is 54.8 cm³/mol. The molecule has 16 heavy (non-hydrogen) atoms. The molecule has 0 spiro atoms. The van der Waals surface area contributed by atoms with Crippen LogP contribution in [-0.2, 0) is 4.74 Å². The van der Waals surface area contributed by atoms with Gasteiger partial charge in [0.25, 0.3) is 0 Å². The van der Waals surface area contributed by atoms with Gasteiger partial charge in [-0.25, -0.2) is 0 Å². The Labute approximate surface area is 92.9 Å². The van der Waals surface area contributed by atoms with Gasteiger partial charge in [0.05, 0.1) is 6.61 Å². The van der Waals surface area contributed by atoms with E-state index in [1.165, 1.54) is 0 Å². The molecule has 1 aromatic rings. The molecular formula is C11H14O5. The molecule has 1 aromatic carbocycles. The Kier molecular flexibility index (Phi) is 3.40. The van der Waals surface area contributed by atoms with Crippen LogP contribution in [0.2, 0.25) is 0 Å². The third-order valence-corrected chi connectivity index (χ3v) is 2.45. The monoisotopic (exact) mass is 226 g/mol. The molecule has 4 atom stereocenters. The minimum Gasteiger partial charge on any atom is -0.462 e. The first-order valence-corrected chi connectivity index (χ1v) is 5.06. The van der Waals surface area contributed by atoms with E-state index in [9.17, 15) is 15.3 Å². The summed E-state index contributed by atoms with van der Waals surface area (Å²) in [5.74, 6) is 0.537. The van der Waals surface area contributed by atoms with Gasteiger partial charge in [0.1, 0.15) is 24.1 Å². The third kappa shape index (κ3) is 2.33. The largest absolute Gasteiger partial charge is 0.462 e. The second-order valence-electron chi connectivity index (χ2n) is 3.68. The molecule has 0 unspecified atom stereocenters. The Morgan fingerprint density at radius 2 is 1.75 bits per heavy atom. The Balaban J connectivity index is 2.00. The normalized spacial score (nSPS) is 34.7. The summed E-state index contributed by atoms with van der Waals surface area (Å²) in [5.41, 5.74) is 0. The molecule has 3 N–H and O–H groups in total. The van der Waals surface area contributed by atoms with Gasteiger partial charge in [0, 0.05) is 0 Å². The van der Waals surface area contributed by atoms with Crippen LogP contribution in [-0.4, -0.2) is 46.5 Å². The maximum absolute atomic E-state index is 9.61. The van der Waals surface area contributed by atoms with Crippen LogP contribution in [0.3, 0.4) is 0 Å². The van der Waals surface area contributed by atoms with Gasteiger partial charge in [-0.15, -0.1) is 0 Å². The molecule has 2 rings (SSSR count). The maximum atomic E-state index is 9.61. The maximum Gasteiger partial charge on any atom is 0.228 e.